The smallest absolute Gasteiger partial charge is 0.273 e. The first-order valence-corrected chi connectivity index (χ1v) is 12.4. The minimum absolute atomic E-state index is 0.0671. The third-order valence-electron chi connectivity index (χ3n) is 6.84. The number of aromatic nitrogens is 3. The second-order valence-electron chi connectivity index (χ2n) is 9.85. The van der Waals surface area contributed by atoms with Gasteiger partial charge in [0.1, 0.15) is 23.5 Å². The summed E-state index contributed by atoms with van der Waals surface area (Å²) in [7, 11) is 0. The molecule has 1 aromatic carbocycles. The molecule has 10 nitrogen and oxygen atoms in total. The van der Waals surface area contributed by atoms with Crippen LogP contribution in [-0.4, -0.2) is 79.5 Å². The van der Waals surface area contributed by atoms with Gasteiger partial charge in [0.25, 0.3) is 11.8 Å². The molecule has 0 spiro atoms. The molecule has 3 aromatic rings. The van der Waals surface area contributed by atoms with Gasteiger partial charge in [-0.2, -0.15) is 0 Å². The number of amides is 3. The Hall–Kier alpha value is -4.21. The van der Waals surface area contributed by atoms with Crippen molar-refractivity contribution in [1.82, 2.24) is 30.1 Å². The van der Waals surface area contributed by atoms with Gasteiger partial charge in [0.15, 0.2) is 5.78 Å². The van der Waals surface area contributed by atoms with Crippen molar-refractivity contribution in [3.05, 3.63) is 66.2 Å². The lowest BCUT2D eigenvalue weighted by Crippen LogP contribution is -2.53. The van der Waals surface area contributed by atoms with Gasteiger partial charge in [-0.3, -0.25) is 29.1 Å². The summed E-state index contributed by atoms with van der Waals surface area (Å²) in [6, 6.07) is 10.3. The van der Waals surface area contributed by atoms with E-state index in [-0.39, 0.29) is 41.4 Å². The molecule has 2 aromatic heterocycles. The van der Waals surface area contributed by atoms with Gasteiger partial charge in [-0.1, -0.05) is 32.0 Å². The number of nitrogens with zero attached hydrogens (tertiary/aromatic N) is 5. The molecule has 10 heteroatoms. The van der Waals surface area contributed by atoms with E-state index in [1.54, 1.807) is 30.3 Å². The highest BCUT2D eigenvalue weighted by atomic mass is 16.2. The molecule has 190 valence electrons. The number of ketones is 1. The molecule has 0 aliphatic carbocycles. The Morgan fingerprint density at radius 1 is 1.00 bits per heavy atom. The van der Waals surface area contributed by atoms with Crippen LogP contribution in [-0.2, 0) is 9.59 Å². The first kappa shape index (κ1) is 24.5. The molecule has 2 fully saturated rings. The lowest BCUT2D eigenvalue weighted by molar-refractivity contribution is -0.138. The van der Waals surface area contributed by atoms with E-state index < -0.39 is 24.0 Å². The number of para-hydroxylation sites is 2. The maximum atomic E-state index is 13.7. The Bertz CT molecular complexity index is 1360. The van der Waals surface area contributed by atoms with Crippen LogP contribution in [0, 0.1) is 5.92 Å². The van der Waals surface area contributed by atoms with Crippen molar-refractivity contribution in [2.75, 3.05) is 13.1 Å². The Kier molecular flexibility index (Phi) is 6.64. The Labute approximate surface area is 214 Å². The zero-order chi connectivity index (χ0) is 26.1. The predicted molar refractivity (Wildman–Crippen MR) is 134 cm³/mol. The van der Waals surface area contributed by atoms with E-state index in [0.717, 1.165) is 0 Å². The van der Waals surface area contributed by atoms with Crippen LogP contribution < -0.4 is 5.32 Å². The van der Waals surface area contributed by atoms with Gasteiger partial charge >= 0.3 is 0 Å². The number of carbonyl (C=O) groups is 4. The second kappa shape index (κ2) is 10.0. The minimum atomic E-state index is -0.840. The molecule has 2 aliphatic rings. The van der Waals surface area contributed by atoms with Gasteiger partial charge in [-0.05, 0) is 43.0 Å². The van der Waals surface area contributed by atoms with E-state index in [1.807, 2.05) is 26.0 Å². The maximum Gasteiger partial charge on any atom is 0.273 e. The maximum absolute atomic E-state index is 13.7. The van der Waals surface area contributed by atoms with Crippen LogP contribution in [0.2, 0.25) is 0 Å². The number of fused-ring (bicyclic) bond motifs is 2. The summed E-state index contributed by atoms with van der Waals surface area (Å²) < 4.78 is 0. The quantitative estimate of drug-likeness (QED) is 0.548. The molecule has 37 heavy (non-hydrogen) atoms. The van der Waals surface area contributed by atoms with Crippen molar-refractivity contribution in [2.45, 2.75) is 44.8 Å². The number of carbonyl (C=O) groups excluding carboxylic acids is 4. The van der Waals surface area contributed by atoms with Crippen molar-refractivity contribution in [3.8, 4) is 0 Å². The van der Waals surface area contributed by atoms with Gasteiger partial charge in [0, 0.05) is 12.7 Å². The number of benzene rings is 1. The molecule has 2 aliphatic heterocycles. The molecule has 2 saturated heterocycles. The minimum Gasteiger partial charge on any atom is -0.339 e. The molecule has 3 amide bonds. The number of rotatable bonds is 6. The van der Waals surface area contributed by atoms with Crippen LogP contribution in [0.4, 0.5) is 0 Å². The zero-order valence-electron chi connectivity index (χ0n) is 20.7. The van der Waals surface area contributed by atoms with E-state index in [0.29, 0.717) is 30.4 Å². The summed E-state index contributed by atoms with van der Waals surface area (Å²) in [5.74, 6) is -1.23. The van der Waals surface area contributed by atoms with E-state index in [1.165, 1.54) is 22.2 Å². The van der Waals surface area contributed by atoms with Crippen molar-refractivity contribution >= 4 is 34.5 Å². The highest BCUT2D eigenvalue weighted by Gasteiger charge is 2.52. The van der Waals surface area contributed by atoms with E-state index >= 15 is 0 Å². The van der Waals surface area contributed by atoms with Crippen LogP contribution >= 0.6 is 0 Å². The molecule has 3 atom stereocenters. The second-order valence-corrected chi connectivity index (χ2v) is 9.85. The standard InChI is InChI=1S/C27H28N6O4/c1-16(2)13-20(31-25(35)21-14-29-17-7-3-4-8-18(17)30-21)27(37)32-12-10-22-24(32)23(34)15-33(22)26(36)19-9-5-6-11-28-19/h3-9,11,14,16,20,22,24H,10,12-13,15H2,1-2H3,(H,31,35). The third-order valence-corrected chi connectivity index (χ3v) is 6.84. The summed E-state index contributed by atoms with van der Waals surface area (Å²) >= 11 is 0. The first-order valence-electron chi connectivity index (χ1n) is 12.4. The Morgan fingerprint density at radius 3 is 2.49 bits per heavy atom. The molecule has 5 rings (SSSR count). The predicted octanol–water partition coefficient (Wildman–Crippen LogP) is 1.86. The fraction of sp³-hybridized carbons (Fsp3) is 0.370. The number of hydrogen-bond acceptors (Lipinski definition) is 7. The molecule has 1 N–H and O–H groups in total. The first-order chi connectivity index (χ1) is 17.8. The van der Waals surface area contributed by atoms with Crippen molar-refractivity contribution in [2.24, 2.45) is 5.92 Å². The lowest BCUT2D eigenvalue weighted by Gasteiger charge is -2.29. The Morgan fingerprint density at radius 2 is 1.76 bits per heavy atom. The van der Waals surface area contributed by atoms with Crippen molar-refractivity contribution in [3.63, 3.8) is 0 Å². The molecule has 4 heterocycles. The number of hydrogen-bond donors (Lipinski definition) is 1. The van der Waals surface area contributed by atoms with Crippen LogP contribution in [0.1, 0.15) is 47.7 Å². The monoisotopic (exact) mass is 500 g/mol. The lowest BCUT2D eigenvalue weighted by atomic mass is 10.0. The molecular weight excluding hydrogens is 472 g/mol. The number of pyridine rings is 1. The third kappa shape index (κ3) is 4.78. The van der Waals surface area contributed by atoms with Crippen LogP contribution in [0.25, 0.3) is 11.0 Å². The summed E-state index contributed by atoms with van der Waals surface area (Å²) in [5.41, 5.74) is 1.63. The normalized spacial score (nSPS) is 19.8. The van der Waals surface area contributed by atoms with Gasteiger partial charge in [0.2, 0.25) is 5.91 Å². The summed E-state index contributed by atoms with van der Waals surface area (Å²) in [6.07, 6.45) is 3.80. The fourth-order valence-corrected chi connectivity index (χ4v) is 5.17. The van der Waals surface area contributed by atoms with Gasteiger partial charge in [-0.25, -0.2) is 4.98 Å². The topological polar surface area (TPSA) is 125 Å². The largest absolute Gasteiger partial charge is 0.339 e. The molecule has 0 bridgehead atoms. The SMILES string of the molecule is CC(C)CC(NC(=O)c1cnc2ccccc2n1)C(=O)N1CCC2C1C(=O)CN2C(=O)c1ccccn1. The van der Waals surface area contributed by atoms with Crippen molar-refractivity contribution in [1.29, 1.82) is 0 Å². The van der Waals surface area contributed by atoms with Crippen LogP contribution in [0.15, 0.2) is 54.9 Å². The number of Topliss-reactive ketones (excluding diaryl/α,β-unsaturated/α-hetero) is 1. The number of nitrogens with one attached hydrogen (secondary N) is 1. The summed E-state index contributed by atoms with van der Waals surface area (Å²) in [6.45, 7) is 4.18. The highest BCUT2D eigenvalue weighted by molar-refractivity contribution is 6.03. The van der Waals surface area contributed by atoms with Gasteiger partial charge < -0.3 is 15.1 Å². The fourth-order valence-electron chi connectivity index (χ4n) is 5.17. The molecular formula is C27H28N6O4. The van der Waals surface area contributed by atoms with E-state index in [9.17, 15) is 19.2 Å². The molecule has 3 unspecified atom stereocenters. The van der Waals surface area contributed by atoms with Gasteiger partial charge in [-0.15, -0.1) is 0 Å². The average molecular weight is 501 g/mol. The van der Waals surface area contributed by atoms with Gasteiger partial charge in [0.05, 0.1) is 29.8 Å². The molecule has 0 radical (unpaired) electrons. The van der Waals surface area contributed by atoms with Crippen LogP contribution in [0.5, 0.6) is 0 Å². The van der Waals surface area contributed by atoms with Crippen molar-refractivity contribution < 1.29 is 19.2 Å². The number of likely N-dealkylation sites (tertiary alicyclic amines) is 2. The zero-order valence-corrected chi connectivity index (χ0v) is 20.7. The van der Waals surface area contributed by atoms with Crippen LogP contribution in [0.3, 0.4) is 0 Å². The highest BCUT2D eigenvalue weighted by Crippen LogP contribution is 2.31. The molecule has 0 saturated carbocycles. The summed E-state index contributed by atoms with van der Waals surface area (Å²) in [4.78, 5) is 68.7. The van der Waals surface area contributed by atoms with E-state index in [2.05, 4.69) is 20.3 Å². The summed E-state index contributed by atoms with van der Waals surface area (Å²) in [5, 5.41) is 2.83. The van der Waals surface area contributed by atoms with E-state index in [4.69, 9.17) is 0 Å². The Balaban J connectivity index is 1.34. The average Bonchev–Trinajstić information content (AvgIpc) is 3.48.